The van der Waals surface area contributed by atoms with Gasteiger partial charge in [0.25, 0.3) is 0 Å². The second-order valence-electron chi connectivity index (χ2n) is 7.01. The lowest BCUT2D eigenvalue weighted by Gasteiger charge is -2.10. The topological polar surface area (TPSA) is 34.1 Å². The molecule has 0 bridgehead atoms. The molecule has 3 aromatic carbocycles. The summed E-state index contributed by atoms with van der Waals surface area (Å²) in [5, 5.41) is 0.680. The molecule has 1 unspecified atom stereocenters. The second kappa shape index (κ2) is 9.82. The van der Waals surface area contributed by atoms with Crippen LogP contribution in [-0.4, -0.2) is 16.2 Å². The van der Waals surface area contributed by atoms with Crippen molar-refractivity contribution in [3.8, 4) is 0 Å². The molecule has 0 N–H and O–H groups in total. The lowest BCUT2D eigenvalue weighted by atomic mass is 9.99. The first-order chi connectivity index (χ1) is 14.0. The number of rotatable bonds is 7. The maximum Gasteiger partial charge on any atom is 0.150 e. The van der Waals surface area contributed by atoms with Crippen molar-refractivity contribution in [3.05, 3.63) is 99.6 Å². The highest BCUT2D eigenvalue weighted by atomic mass is 35.5. The second-order valence-corrected chi connectivity index (χ2v) is 9.02. The third kappa shape index (κ3) is 5.75. The van der Waals surface area contributed by atoms with E-state index in [-0.39, 0.29) is 0 Å². The Kier molecular flexibility index (Phi) is 7.18. The number of halogens is 1. The van der Waals surface area contributed by atoms with Crippen LogP contribution in [0, 0.1) is 13.8 Å². The zero-order chi connectivity index (χ0) is 20.8. The molecular formula is C25H23ClO2S. The Hall–Kier alpha value is -2.49. The van der Waals surface area contributed by atoms with Crippen LogP contribution in [0.3, 0.4) is 0 Å². The van der Waals surface area contributed by atoms with E-state index >= 15 is 0 Å². The molecular weight excluding hydrogens is 400 g/mol. The monoisotopic (exact) mass is 422 g/mol. The number of carbonyl (C=O) groups excluding carboxylic acids is 1. The van der Waals surface area contributed by atoms with Gasteiger partial charge in [-0.15, -0.1) is 0 Å². The van der Waals surface area contributed by atoms with Crippen molar-refractivity contribution in [2.75, 3.05) is 5.75 Å². The van der Waals surface area contributed by atoms with E-state index in [0.29, 0.717) is 22.8 Å². The Bertz CT molecular complexity index is 1070. The van der Waals surface area contributed by atoms with Crippen molar-refractivity contribution in [3.63, 3.8) is 0 Å². The number of aryl methyl sites for hydroxylation is 2. The fourth-order valence-electron chi connectivity index (χ4n) is 3.06. The minimum Gasteiger partial charge on any atom is -0.298 e. The van der Waals surface area contributed by atoms with E-state index in [4.69, 9.17) is 11.6 Å². The fraction of sp³-hybridized carbons (Fsp3) is 0.160. The molecule has 0 heterocycles. The SMILES string of the molecule is Cc1ccc(/C=C(\CCS(=O)c2ccc(C=O)cc2)c2cccc(Cl)c2)cc1C. The highest BCUT2D eigenvalue weighted by molar-refractivity contribution is 7.85. The molecule has 148 valence electrons. The molecule has 0 aliphatic carbocycles. The van der Waals surface area contributed by atoms with Crippen LogP contribution in [0.4, 0.5) is 0 Å². The molecule has 1 atom stereocenters. The summed E-state index contributed by atoms with van der Waals surface area (Å²) < 4.78 is 12.8. The summed E-state index contributed by atoms with van der Waals surface area (Å²) in [6.07, 6.45) is 3.58. The van der Waals surface area contributed by atoms with Crippen molar-refractivity contribution in [2.45, 2.75) is 25.2 Å². The van der Waals surface area contributed by atoms with Gasteiger partial charge in [0, 0.05) is 21.2 Å². The molecule has 0 aliphatic heterocycles. The lowest BCUT2D eigenvalue weighted by molar-refractivity contribution is 0.112. The Morgan fingerprint density at radius 2 is 1.66 bits per heavy atom. The smallest absolute Gasteiger partial charge is 0.150 e. The average molecular weight is 423 g/mol. The van der Waals surface area contributed by atoms with Crippen LogP contribution in [0.25, 0.3) is 11.6 Å². The molecule has 3 aromatic rings. The van der Waals surface area contributed by atoms with Gasteiger partial charge in [0.15, 0.2) is 0 Å². The quantitative estimate of drug-likeness (QED) is 0.321. The van der Waals surface area contributed by atoms with Gasteiger partial charge in [0.1, 0.15) is 6.29 Å². The minimum atomic E-state index is -1.15. The summed E-state index contributed by atoms with van der Waals surface area (Å²) in [6, 6.07) is 21.0. The number of hydrogen-bond acceptors (Lipinski definition) is 2. The van der Waals surface area contributed by atoms with Gasteiger partial charge in [-0.2, -0.15) is 0 Å². The van der Waals surface area contributed by atoms with E-state index in [0.717, 1.165) is 27.9 Å². The van der Waals surface area contributed by atoms with E-state index in [1.54, 1.807) is 24.3 Å². The van der Waals surface area contributed by atoms with Gasteiger partial charge in [-0.1, -0.05) is 60.1 Å². The predicted octanol–water partition coefficient (Wildman–Crippen LogP) is 6.51. The number of allylic oxidation sites excluding steroid dienone is 1. The average Bonchev–Trinajstić information content (AvgIpc) is 2.73. The first-order valence-corrected chi connectivity index (χ1v) is 11.1. The molecule has 0 amide bonds. The first-order valence-electron chi connectivity index (χ1n) is 9.43. The van der Waals surface area contributed by atoms with Crippen molar-refractivity contribution < 1.29 is 9.00 Å². The summed E-state index contributed by atoms with van der Waals surface area (Å²) in [7, 11) is -1.15. The zero-order valence-corrected chi connectivity index (χ0v) is 18.1. The molecule has 4 heteroatoms. The molecule has 29 heavy (non-hydrogen) atoms. The largest absolute Gasteiger partial charge is 0.298 e. The summed E-state index contributed by atoms with van der Waals surface area (Å²) in [5.41, 5.74) is 6.32. The van der Waals surface area contributed by atoms with E-state index in [2.05, 4.69) is 38.1 Å². The zero-order valence-electron chi connectivity index (χ0n) is 16.5. The van der Waals surface area contributed by atoms with Crippen LogP contribution in [0.5, 0.6) is 0 Å². The molecule has 0 saturated heterocycles. The van der Waals surface area contributed by atoms with E-state index < -0.39 is 10.8 Å². The molecule has 0 spiro atoms. The van der Waals surface area contributed by atoms with Gasteiger partial charge < -0.3 is 0 Å². The molecule has 0 radical (unpaired) electrons. The Morgan fingerprint density at radius 1 is 0.931 bits per heavy atom. The van der Waals surface area contributed by atoms with Gasteiger partial charge in [0.05, 0.1) is 10.8 Å². The molecule has 0 fully saturated rings. The van der Waals surface area contributed by atoms with Gasteiger partial charge in [-0.05, 0) is 72.4 Å². The molecule has 3 rings (SSSR count). The van der Waals surface area contributed by atoms with Crippen LogP contribution >= 0.6 is 11.6 Å². The Morgan fingerprint density at radius 3 is 2.31 bits per heavy atom. The summed E-state index contributed by atoms with van der Waals surface area (Å²) in [6.45, 7) is 4.20. The van der Waals surface area contributed by atoms with Gasteiger partial charge in [-0.25, -0.2) is 0 Å². The highest BCUT2D eigenvalue weighted by Crippen LogP contribution is 2.26. The van der Waals surface area contributed by atoms with Crippen molar-refractivity contribution in [1.29, 1.82) is 0 Å². The number of hydrogen-bond donors (Lipinski definition) is 0. The van der Waals surface area contributed by atoms with Gasteiger partial charge in [-0.3, -0.25) is 9.00 Å². The van der Waals surface area contributed by atoms with E-state index in [9.17, 15) is 9.00 Å². The maximum absolute atomic E-state index is 12.8. The van der Waals surface area contributed by atoms with E-state index in [1.807, 2.05) is 24.3 Å². The predicted molar refractivity (Wildman–Crippen MR) is 123 cm³/mol. The van der Waals surface area contributed by atoms with Crippen molar-refractivity contribution in [1.82, 2.24) is 0 Å². The lowest BCUT2D eigenvalue weighted by Crippen LogP contribution is -2.00. The van der Waals surface area contributed by atoms with Gasteiger partial charge in [0.2, 0.25) is 0 Å². The highest BCUT2D eigenvalue weighted by Gasteiger charge is 2.09. The number of aldehydes is 1. The Labute approximate surface area is 179 Å². The third-order valence-electron chi connectivity index (χ3n) is 4.90. The van der Waals surface area contributed by atoms with Crippen LogP contribution in [-0.2, 0) is 10.8 Å². The van der Waals surface area contributed by atoms with Crippen molar-refractivity contribution >= 4 is 40.3 Å². The number of carbonyl (C=O) groups is 1. The third-order valence-corrected chi connectivity index (χ3v) is 6.51. The molecule has 0 saturated carbocycles. The maximum atomic E-state index is 12.8. The van der Waals surface area contributed by atoms with E-state index in [1.165, 1.54) is 11.1 Å². The number of benzene rings is 3. The molecule has 2 nitrogen and oxygen atoms in total. The van der Waals surface area contributed by atoms with Crippen LogP contribution < -0.4 is 0 Å². The van der Waals surface area contributed by atoms with Crippen LogP contribution in [0.1, 0.15) is 39.0 Å². The summed E-state index contributed by atoms with van der Waals surface area (Å²) in [4.78, 5) is 11.5. The standard InChI is InChI=1S/C25H23ClO2S/c1-18-6-7-21(14-19(18)2)15-23(22-4-3-5-24(26)16-22)12-13-29(28)25-10-8-20(17-27)9-11-25/h3-11,14-17H,12-13H2,1-2H3/b23-15+. The normalized spacial score (nSPS) is 12.6. The van der Waals surface area contributed by atoms with Crippen molar-refractivity contribution in [2.24, 2.45) is 0 Å². The summed E-state index contributed by atoms with van der Waals surface area (Å²) >= 11 is 6.21. The Balaban J connectivity index is 1.86. The molecule has 0 aliphatic rings. The van der Waals surface area contributed by atoms with Gasteiger partial charge >= 0.3 is 0 Å². The molecule has 0 aromatic heterocycles. The summed E-state index contributed by atoms with van der Waals surface area (Å²) in [5.74, 6) is 0.490. The van der Waals surface area contributed by atoms with Crippen LogP contribution in [0.2, 0.25) is 5.02 Å². The fourth-order valence-corrected chi connectivity index (χ4v) is 4.33. The van der Waals surface area contributed by atoms with Crippen LogP contribution in [0.15, 0.2) is 71.6 Å². The first kappa shape index (κ1) is 21.2. The minimum absolute atomic E-state index is 0.490.